The molecule has 110 valence electrons. The standard InChI is InChI=1S/C18H18BrFO/c19-12-14(9-13-5-7-16(20)8-6-13)10-17-11-15-3-1-2-4-18(15)21-17/h1-8,14,17H,9-12H2. The maximum Gasteiger partial charge on any atom is 0.123 e. The molecule has 0 fully saturated rings. The molecule has 0 aliphatic carbocycles. The van der Waals surface area contributed by atoms with E-state index in [1.165, 1.54) is 23.3 Å². The molecule has 0 radical (unpaired) electrons. The summed E-state index contributed by atoms with van der Waals surface area (Å²) < 4.78 is 19.0. The van der Waals surface area contributed by atoms with Crippen molar-refractivity contribution in [2.24, 2.45) is 5.92 Å². The molecule has 0 spiro atoms. The van der Waals surface area contributed by atoms with Gasteiger partial charge in [0.1, 0.15) is 17.7 Å². The van der Waals surface area contributed by atoms with E-state index in [4.69, 9.17) is 4.74 Å². The van der Waals surface area contributed by atoms with Crippen molar-refractivity contribution in [1.82, 2.24) is 0 Å². The third-order valence-corrected chi connectivity index (χ3v) is 4.88. The maximum absolute atomic E-state index is 13.0. The molecule has 2 unspecified atom stereocenters. The SMILES string of the molecule is Fc1ccc(CC(CBr)CC2Cc3ccccc3O2)cc1. The summed E-state index contributed by atoms with van der Waals surface area (Å²) in [5, 5.41) is 0.931. The zero-order valence-corrected chi connectivity index (χ0v) is 13.4. The Morgan fingerprint density at radius 1 is 1.14 bits per heavy atom. The number of halogens is 2. The van der Waals surface area contributed by atoms with Gasteiger partial charge in [0.25, 0.3) is 0 Å². The van der Waals surface area contributed by atoms with Crippen LogP contribution in [0.3, 0.4) is 0 Å². The molecule has 1 aliphatic rings. The minimum Gasteiger partial charge on any atom is -0.490 e. The predicted octanol–water partition coefficient (Wildman–Crippen LogP) is 4.77. The molecular formula is C18H18BrFO. The Balaban J connectivity index is 1.60. The van der Waals surface area contributed by atoms with Gasteiger partial charge in [-0.2, -0.15) is 0 Å². The van der Waals surface area contributed by atoms with Crippen LogP contribution in [-0.4, -0.2) is 11.4 Å². The zero-order valence-electron chi connectivity index (χ0n) is 11.8. The lowest BCUT2D eigenvalue weighted by atomic mass is 9.94. The van der Waals surface area contributed by atoms with Gasteiger partial charge in [0.2, 0.25) is 0 Å². The van der Waals surface area contributed by atoms with E-state index in [2.05, 4.69) is 28.1 Å². The fraction of sp³-hybridized carbons (Fsp3) is 0.333. The van der Waals surface area contributed by atoms with Gasteiger partial charge in [0, 0.05) is 11.8 Å². The molecule has 0 saturated carbocycles. The third-order valence-electron chi connectivity index (χ3n) is 3.97. The summed E-state index contributed by atoms with van der Waals surface area (Å²) in [4.78, 5) is 0. The van der Waals surface area contributed by atoms with Gasteiger partial charge in [-0.1, -0.05) is 46.3 Å². The second-order valence-corrected chi connectivity index (χ2v) is 6.29. The summed E-state index contributed by atoms with van der Waals surface area (Å²) >= 11 is 3.60. The molecule has 2 atom stereocenters. The molecule has 2 aromatic rings. The lowest BCUT2D eigenvalue weighted by Gasteiger charge is -2.18. The molecule has 3 heteroatoms. The summed E-state index contributed by atoms with van der Waals surface area (Å²) in [6.07, 6.45) is 3.20. The van der Waals surface area contributed by atoms with Gasteiger partial charge < -0.3 is 4.74 Å². The Morgan fingerprint density at radius 2 is 1.90 bits per heavy atom. The number of alkyl halides is 1. The van der Waals surface area contributed by atoms with Crippen LogP contribution in [0, 0.1) is 11.7 Å². The van der Waals surface area contributed by atoms with Gasteiger partial charge in [0.15, 0.2) is 0 Å². The molecule has 21 heavy (non-hydrogen) atoms. The Bertz CT molecular complexity index is 571. The molecule has 3 rings (SSSR count). The summed E-state index contributed by atoms with van der Waals surface area (Å²) in [6.45, 7) is 0. The van der Waals surface area contributed by atoms with Crippen LogP contribution in [0.2, 0.25) is 0 Å². The summed E-state index contributed by atoms with van der Waals surface area (Å²) in [5.41, 5.74) is 2.48. The quantitative estimate of drug-likeness (QED) is 0.707. The van der Waals surface area contributed by atoms with E-state index in [9.17, 15) is 4.39 Å². The maximum atomic E-state index is 13.0. The van der Waals surface area contributed by atoms with Crippen LogP contribution in [0.4, 0.5) is 4.39 Å². The first-order valence-corrected chi connectivity index (χ1v) is 8.41. The van der Waals surface area contributed by atoms with E-state index in [0.717, 1.165) is 30.3 Å². The van der Waals surface area contributed by atoms with E-state index in [-0.39, 0.29) is 11.9 Å². The van der Waals surface area contributed by atoms with Crippen molar-refractivity contribution < 1.29 is 9.13 Å². The summed E-state index contributed by atoms with van der Waals surface area (Å²) in [7, 11) is 0. The first kappa shape index (κ1) is 14.6. The van der Waals surface area contributed by atoms with E-state index in [1.54, 1.807) is 0 Å². The first-order valence-electron chi connectivity index (χ1n) is 7.29. The number of ether oxygens (including phenoxy) is 1. The number of para-hydroxylation sites is 1. The second-order valence-electron chi connectivity index (χ2n) is 5.64. The number of fused-ring (bicyclic) bond motifs is 1. The van der Waals surface area contributed by atoms with Gasteiger partial charge in [0.05, 0.1) is 0 Å². The largest absolute Gasteiger partial charge is 0.490 e. The van der Waals surface area contributed by atoms with E-state index in [1.807, 2.05) is 24.3 Å². The molecule has 1 aliphatic heterocycles. The predicted molar refractivity (Wildman–Crippen MR) is 86.6 cm³/mol. The highest BCUT2D eigenvalue weighted by atomic mass is 79.9. The van der Waals surface area contributed by atoms with E-state index in [0.29, 0.717) is 5.92 Å². The first-order chi connectivity index (χ1) is 10.2. The van der Waals surface area contributed by atoms with Crippen molar-refractivity contribution in [3.63, 3.8) is 0 Å². The van der Waals surface area contributed by atoms with Gasteiger partial charge in [-0.25, -0.2) is 4.39 Å². The number of rotatable bonds is 5. The normalized spacial score (nSPS) is 18.1. The molecule has 1 heterocycles. The molecular weight excluding hydrogens is 331 g/mol. The summed E-state index contributed by atoms with van der Waals surface area (Å²) in [6, 6.07) is 15.1. The van der Waals surface area contributed by atoms with Crippen LogP contribution in [0.25, 0.3) is 0 Å². The topological polar surface area (TPSA) is 9.23 Å². The van der Waals surface area contributed by atoms with Crippen molar-refractivity contribution in [1.29, 1.82) is 0 Å². The minimum atomic E-state index is -0.177. The van der Waals surface area contributed by atoms with Crippen LogP contribution in [0.1, 0.15) is 17.5 Å². The van der Waals surface area contributed by atoms with Crippen LogP contribution < -0.4 is 4.74 Å². The fourth-order valence-electron chi connectivity index (χ4n) is 2.91. The average Bonchev–Trinajstić information content (AvgIpc) is 2.91. The highest BCUT2D eigenvalue weighted by Gasteiger charge is 2.25. The van der Waals surface area contributed by atoms with E-state index >= 15 is 0 Å². The molecule has 0 saturated heterocycles. The number of benzene rings is 2. The minimum absolute atomic E-state index is 0.177. The number of hydrogen-bond donors (Lipinski definition) is 0. The third kappa shape index (κ3) is 3.65. The average molecular weight is 349 g/mol. The lowest BCUT2D eigenvalue weighted by Crippen LogP contribution is -2.20. The number of hydrogen-bond acceptors (Lipinski definition) is 1. The highest BCUT2D eigenvalue weighted by Crippen LogP contribution is 2.31. The van der Waals surface area contributed by atoms with Crippen LogP contribution in [0.5, 0.6) is 5.75 Å². The van der Waals surface area contributed by atoms with Crippen molar-refractivity contribution in [3.8, 4) is 5.75 Å². The van der Waals surface area contributed by atoms with Gasteiger partial charge in [-0.15, -0.1) is 0 Å². The van der Waals surface area contributed by atoms with Crippen LogP contribution in [-0.2, 0) is 12.8 Å². The molecule has 0 aromatic heterocycles. The van der Waals surface area contributed by atoms with Crippen molar-refractivity contribution in [3.05, 3.63) is 65.5 Å². The van der Waals surface area contributed by atoms with Crippen molar-refractivity contribution >= 4 is 15.9 Å². The van der Waals surface area contributed by atoms with Gasteiger partial charge in [-0.05, 0) is 48.1 Å². The van der Waals surface area contributed by atoms with Crippen LogP contribution in [0.15, 0.2) is 48.5 Å². The lowest BCUT2D eigenvalue weighted by molar-refractivity contribution is 0.199. The van der Waals surface area contributed by atoms with Crippen molar-refractivity contribution in [2.75, 3.05) is 5.33 Å². The molecule has 0 N–H and O–H groups in total. The molecule has 0 amide bonds. The Morgan fingerprint density at radius 3 is 2.62 bits per heavy atom. The highest BCUT2D eigenvalue weighted by molar-refractivity contribution is 9.09. The second kappa shape index (κ2) is 6.61. The Kier molecular flexibility index (Phi) is 4.59. The van der Waals surface area contributed by atoms with Crippen molar-refractivity contribution in [2.45, 2.75) is 25.4 Å². The Labute approximate surface area is 133 Å². The van der Waals surface area contributed by atoms with Gasteiger partial charge >= 0.3 is 0 Å². The molecule has 1 nitrogen and oxygen atoms in total. The van der Waals surface area contributed by atoms with E-state index < -0.39 is 0 Å². The summed E-state index contributed by atoms with van der Waals surface area (Å²) in [5.74, 6) is 1.34. The zero-order chi connectivity index (χ0) is 14.7. The smallest absolute Gasteiger partial charge is 0.123 e. The van der Waals surface area contributed by atoms with Gasteiger partial charge in [-0.3, -0.25) is 0 Å². The monoisotopic (exact) mass is 348 g/mol. The Hall–Kier alpha value is -1.35. The molecule has 0 bridgehead atoms. The van der Waals surface area contributed by atoms with Crippen LogP contribution >= 0.6 is 15.9 Å². The fourth-order valence-corrected chi connectivity index (χ4v) is 3.41. The molecule has 2 aromatic carbocycles.